The third kappa shape index (κ3) is 3.68. The normalized spacial score (nSPS) is 17.2. The largest absolute Gasteiger partial charge is 0.464 e. The zero-order valence-electron chi connectivity index (χ0n) is 18.6. The lowest BCUT2D eigenvalue weighted by Gasteiger charge is -2.46. The minimum atomic E-state index is -5.24. The van der Waals surface area contributed by atoms with E-state index in [1.54, 1.807) is 31.2 Å². The van der Waals surface area contributed by atoms with Gasteiger partial charge in [-0.3, -0.25) is 4.79 Å². The van der Waals surface area contributed by atoms with Gasteiger partial charge in [-0.1, -0.05) is 29.8 Å². The van der Waals surface area contributed by atoms with E-state index in [0.29, 0.717) is 41.5 Å². The number of carbonyl (C=O) groups is 1. The fourth-order valence-corrected chi connectivity index (χ4v) is 4.90. The van der Waals surface area contributed by atoms with Gasteiger partial charge in [0, 0.05) is 33.9 Å². The fraction of sp³-hybridized carbons (Fsp3) is 0.320. The van der Waals surface area contributed by atoms with E-state index in [4.69, 9.17) is 4.42 Å². The number of furan rings is 1. The summed E-state index contributed by atoms with van der Waals surface area (Å²) in [6, 6.07) is 10.8. The molecular formula is C25H21F3N2O5. The van der Waals surface area contributed by atoms with E-state index in [0.717, 1.165) is 5.39 Å². The number of fused-ring (bicyclic) bond motifs is 2. The Morgan fingerprint density at radius 1 is 1.17 bits per heavy atom. The molecule has 182 valence electrons. The monoisotopic (exact) mass is 486 g/mol. The van der Waals surface area contributed by atoms with Crippen LogP contribution in [0.5, 0.6) is 0 Å². The lowest BCUT2D eigenvalue weighted by atomic mass is 9.59. The average molecular weight is 486 g/mol. The second-order valence-electron chi connectivity index (χ2n) is 9.08. The van der Waals surface area contributed by atoms with Crippen LogP contribution in [0.25, 0.3) is 21.7 Å². The van der Waals surface area contributed by atoms with Gasteiger partial charge < -0.3 is 19.4 Å². The third-order valence-electron chi connectivity index (χ3n) is 6.95. The predicted molar refractivity (Wildman–Crippen MR) is 121 cm³/mol. The topological polar surface area (TPSA) is 106 Å². The molecule has 35 heavy (non-hydrogen) atoms. The summed E-state index contributed by atoms with van der Waals surface area (Å²) in [5.41, 5.74) is -4.16. The molecule has 2 N–H and O–H groups in total. The zero-order chi connectivity index (χ0) is 25.0. The maximum atomic E-state index is 14.3. The molecule has 1 amide bonds. The van der Waals surface area contributed by atoms with E-state index in [-0.39, 0.29) is 11.1 Å². The first-order valence-electron chi connectivity index (χ1n) is 11.0. The number of halogens is 3. The smallest absolute Gasteiger partial charge is 0.426 e. The molecule has 1 atom stereocenters. The molecule has 1 saturated carbocycles. The van der Waals surface area contributed by atoms with Gasteiger partial charge in [0.15, 0.2) is 0 Å². The van der Waals surface area contributed by atoms with Crippen LogP contribution in [0.4, 0.5) is 18.9 Å². The van der Waals surface area contributed by atoms with Gasteiger partial charge in [0.1, 0.15) is 5.58 Å². The van der Waals surface area contributed by atoms with Gasteiger partial charge in [-0.05, 0) is 44.0 Å². The SMILES string of the molecule is Cc1noc(=O)c2ccc(NC(=O)C(O)(CC3(c4cccc5ccoc45)CCC3)C(F)(F)F)cc12. The molecule has 5 rings (SSSR count). The predicted octanol–water partition coefficient (Wildman–Crippen LogP) is 4.99. The Labute approximate surface area is 196 Å². The average Bonchev–Trinajstić information content (AvgIpc) is 3.27. The summed E-state index contributed by atoms with van der Waals surface area (Å²) in [6.07, 6.45) is -3.24. The van der Waals surface area contributed by atoms with Gasteiger partial charge in [0.05, 0.1) is 17.3 Å². The van der Waals surface area contributed by atoms with E-state index in [1.165, 1.54) is 24.5 Å². The highest BCUT2D eigenvalue weighted by atomic mass is 19.4. The number of hydrogen-bond donors (Lipinski definition) is 2. The Balaban J connectivity index is 1.52. The number of aromatic nitrogens is 1. The second kappa shape index (κ2) is 7.94. The van der Waals surface area contributed by atoms with Crippen LogP contribution in [-0.4, -0.2) is 27.9 Å². The summed E-state index contributed by atoms with van der Waals surface area (Å²) in [5, 5.41) is 17.9. The van der Waals surface area contributed by atoms with Crippen molar-refractivity contribution in [3.63, 3.8) is 0 Å². The zero-order valence-corrected chi connectivity index (χ0v) is 18.6. The number of rotatable bonds is 5. The van der Waals surface area contributed by atoms with Crippen molar-refractivity contribution in [3.8, 4) is 0 Å². The summed E-state index contributed by atoms with van der Waals surface area (Å²) in [7, 11) is 0. The summed E-state index contributed by atoms with van der Waals surface area (Å²) in [4.78, 5) is 24.9. The Bertz CT molecular complexity index is 1500. The van der Waals surface area contributed by atoms with Gasteiger partial charge in [0.25, 0.3) is 5.91 Å². The number of para-hydroxylation sites is 1. The van der Waals surface area contributed by atoms with E-state index in [9.17, 15) is 27.9 Å². The van der Waals surface area contributed by atoms with Crippen molar-refractivity contribution in [3.05, 3.63) is 70.4 Å². The van der Waals surface area contributed by atoms with Crippen molar-refractivity contribution >= 4 is 33.3 Å². The van der Waals surface area contributed by atoms with Gasteiger partial charge in [-0.25, -0.2) is 4.79 Å². The highest BCUT2D eigenvalue weighted by molar-refractivity contribution is 6.00. The summed E-state index contributed by atoms with van der Waals surface area (Å²) in [5.74, 6) is -1.60. The van der Waals surface area contributed by atoms with Gasteiger partial charge in [0.2, 0.25) is 5.60 Å². The molecular weight excluding hydrogens is 465 g/mol. The van der Waals surface area contributed by atoms with E-state index in [1.807, 2.05) is 0 Å². The Kier molecular flexibility index (Phi) is 5.24. The maximum Gasteiger partial charge on any atom is 0.426 e. The van der Waals surface area contributed by atoms with Crippen LogP contribution in [0.1, 0.15) is 36.9 Å². The second-order valence-corrected chi connectivity index (χ2v) is 9.08. The van der Waals surface area contributed by atoms with E-state index >= 15 is 0 Å². The Morgan fingerprint density at radius 2 is 1.94 bits per heavy atom. The van der Waals surface area contributed by atoms with Crippen LogP contribution in [0.15, 0.2) is 62.5 Å². The first kappa shape index (κ1) is 23.1. The number of amides is 1. The molecule has 0 radical (unpaired) electrons. The van der Waals surface area contributed by atoms with Crippen molar-refractivity contribution in [1.82, 2.24) is 5.16 Å². The van der Waals surface area contributed by atoms with Crippen molar-refractivity contribution in [2.75, 3.05) is 5.32 Å². The number of hydrogen-bond acceptors (Lipinski definition) is 6. The molecule has 2 heterocycles. The summed E-state index contributed by atoms with van der Waals surface area (Å²) < 4.78 is 53.1. The molecule has 2 aromatic heterocycles. The number of anilines is 1. The molecule has 0 spiro atoms. The van der Waals surface area contributed by atoms with Gasteiger partial charge in [-0.2, -0.15) is 13.2 Å². The molecule has 0 bridgehead atoms. The van der Waals surface area contributed by atoms with Crippen molar-refractivity contribution in [1.29, 1.82) is 0 Å². The van der Waals surface area contributed by atoms with Crippen molar-refractivity contribution < 1.29 is 32.0 Å². The van der Waals surface area contributed by atoms with Crippen LogP contribution in [-0.2, 0) is 10.2 Å². The highest BCUT2D eigenvalue weighted by Crippen LogP contribution is 2.53. The number of aryl methyl sites for hydroxylation is 1. The minimum Gasteiger partial charge on any atom is -0.464 e. The molecule has 10 heteroatoms. The first-order valence-corrected chi connectivity index (χ1v) is 11.0. The Morgan fingerprint density at radius 3 is 2.63 bits per heavy atom. The maximum absolute atomic E-state index is 14.3. The number of aliphatic hydroxyl groups is 1. The number of nitrogens with one attached hydrogen (secondary N) is 1. The van der Waals surface area contributed by atoms with Crippen LogP contribution >= 0.6 is 0 Å². The van der Waals surface area contributed by atoms with E-state index in [2.05, 4.69) is 15.0 Å². The lowest BCUT2D eigenvalue weighted by molar-refractivity contribution is -0.257. The molecule has 0 saturated heterocycles. The molecule has 0 aliphatic heterocycles. The number of carbonyl (C=O) groups excluding carboxylic acids is 1. The Hall–Kier alpha value is -3.66. The van der Waals surface area contributed by atoms with E-state index < -0.39 is 35.1 Å². The lowest BCUT2D eigenvalue weighted by Crippen LogP contribution is -2.59. The molecule has 1 aliphatic carbocycles. The third-order valence-corrected chi connectivity index (χ3v) is 6.95. The molecule has 1 fully saturated rings. The van der Waals surface area contributed by atoms with Crippen LogP contribution < -0.4 is 10.9 Å². The summed E-state index contributed by atoms with van der Waals surface area (Å²) >= 11 is 0. The molecule has 2 aromatic carbocycles. The molecule has 1 aliphatic rings. The van der Waals surface area contributed by atoms with Crippen molar-refractivity contribution in [2.24, 2.45) is 0 Å². The van der Waals surface area contributed by atoms with Gasteiger partial charge >= 0.3 is 11.8 Å². The number of alkyl halides is 3. The number of nitrogens with zero attached hydrogens (tertiary/aromatic N) is 1. The first-order chi connectivity index (χ1) is 16.5. The quantitative estimate of drug-likeness (QED) is 0.412. The molecule has 1 unspecified atom stereocenters. The van der Waals surface area contributed by atoms with Crippen molar-refractivity contribution in [2.45, 2.75) is 49.8 Å². The minimum absolute atomic E-state index is 0.0172. The summed E-state index contributed by atoms with van der Waals surface area (Å²) in [6.45, 7) is 1.55. The van der Waals surface area contributed by atoms with Crippen LogP contribution in [0.3, 0.4) is 0 Å². The van der Waals surface area contributed by atoms with Gasteiger partial charge in [-0.15, -0.1) is 0 Å². The fourth-order valence-electron chi connectivity index (χ4n) is 4.90. The molecule has 7 nitrogen and oxygen atoms in total. The standard InChI is InChI=1S/C25H21F3N2O5/c1-14-18-12-16(6-7-17(18)21(31)35-30-14)29-22(32)24(33,25(26,27)28)13-23(9-3-10-23)19-5-2-4-15-8-11-34-20(15)19/h2,4-8,11-12,33H,3,9-10,13H2,1H3,(H,29,32). The highest BCUT2D eigenvalue weighted by Gasteiger charge is 2.63. The van der Waals surface area contributed by atoms with Crippen LogP contribution in [0.2, 0.25) is 0 Å². The van der Waals surface area contributed by atoms with Crippen LogP contribution in [0, 0.1) is 6.92 Å². The number of benzene rings is 2. The molecule has 4 aromatic rings.